The van der Waals surface area contributed by atoms with E-state index in [2.05, 4.69) is 30.2 Å². The standard InChI is InChI=1S/C19H20N4/c1-13(2)18(19-22-16-8-3-4-9-17(16)23-19)21-12-15-7-5-6-14(10-15)11-20/h3-10,13,18,21H,12H2,1-2H3,(H,22,23). The number of rotatable bonds is 5. The van der Waals surface area contributed by atoms with E-state index in [1.165, 1.54) is 0 Å². The van der Waals surface area contributed by atoms with E-state index in [4.69, 9.17) is 10.2 Å². The van der Waals surface area contributed by atoms with Gasteiger partial charge in [-0.2, -0.15) is 5.26 Å². The minimum Gasteiger partial charge on any atom is -0.341 e. The number of H-pyrrole nitrogens is 1. The maximum Gasteiger partial charge on any atom is 0.124 e. The van der Waals surface area contributed by atoms with Crippen molar-refractivity contribution in [3.8, 4) is 6.07 Å². The summed E-state index contributed by atoms with van der Waals surface area (Å²) in [6.45, 7) is 5.06. The van der Waals surface area contributed by atoms with Gasteiger partial charge in [0.25, 0.3) is 0 Å². The fourth-order valence-corrected chi connectivity index (χ4v) is 2.75. The lowest BCUT2D eigenvalue weighted by Gasteiger charge is -2.20. The number of nitriles is 1. The van der Waals surface area contributed by atoms with E-state index < -0.39 is 0 Å². The van der Waals surface area contributed by atoms with Crippen LogP contribution in [0.15, 0.2) is 48.5 Å². The Kier molecular flexibility index (Phi) is 4.40. The van der Waals surface area contributed by atoms with Crippen molar-refractivity contribution < 1.29 is 0 Å². The molecule has 4 nitrogen and oxygen atoms in total. The number of nitrogens with one attached hydrogen (secondary N) is 2. The van der Waals surface area contributed by atoms with Crippen molar-refractivity contribution >= 4 is 11.0 Å². The lowest BCUT2D eigenvalue weighted by atomic mass is 10.0. The second-order valence-electron chi connectivity index (χ2n) is 6.05. The van der Waals surface area contributed by atoms with Crippen LogP contribution in [-0.4, -0.2) is 9.97 Å². The van der Waals surface area contributed by atoms with Gasteiger partial charge < -0.3 is 10.3 Å². The third kappa shape index (κ3) is 3.41. The van der Waals surface area contributed by atoms with Crippen LogP contribution in [-0.2, 0) is 6.54 Å². The molecular formula is C19H20N4. The number of fused-ring (bicyclic) bond motifs is 1. The van der Waals surface area contributed by atoms with Crippen LogP contribution < -0.4 is 5.32 Å². The van der Waals surface area contributed by atoms with Crippen LogP contribution in [0.5, 0.6) is 0 Å². The number of benzene rings is 2. The maximum atomic E-state index is 9.00. The van der Waals surface area contributed by atoms with Crippen LogP contribution in [0.1, 0.15) is 36.8 Å². The molecule has 1 unspecified atom stereocenters. The molecule has 0 aliphatic carbocycles. The van der Waals surface area contributed by atoms with E-state index in [1.807, 2.05) is 48.5 Å². The summed E-state index contributed by atoms with van der Waals surface area (Å²) in [4.78, 5) is 8.12. The molecule has 116 valence electrons. The van der Waals surface area contributed by atoms with Crippen molar-refractivity contribution in [3.63, 3.8) is 0 Å². The average Bonchev–Trinajstić information content (AvgIpc) is 2.98. The smallest absolute Gasteiger partial charge is 0.124 e. The third-order valence-electron chi connectivity index (χ3n) is 3.95. The van der Waals surface area contributed by atoms with Gasteiger partial charge in [-0.15, -0.1) is 0 Å². The Bertz CT molecular complexity index is 809. The topological polar surface area (TPSA) is 64.5 Å². The zero-order valence-electron chi connectivity index (χ0n) is 13.4. The molecule has 1 aromatic heterocycles. The van der Waals surface area contributed by atoms with Gasteiger partial charge in [0.1, 0.15) is 5.82 Å². The minimum absolute atomic E-state index is 0.133. The first-order valence-electron chi connectivity index (χ1n) is 7.84. The summed E-state index contributed by atoms with van der Waals surface area (Å²) in [5.74, 6) is 1.35. The summed E-state index contributed by atoms with van der Waals surface area (Å²) < 4.78 is 0. The molecule has 0 fully saturated rings. The monoisotopic (exact) mass is 304 g/mol. The van der Waals surface area contributed by atoms with Gasteiger partial charge in [-0.25, -0.2) is 4.98 Å². The minimum atomic E-state index is 0.133. The predicted molar refractivity (Wildman–Crippen MR) is 91.7 cm³/mol. The second-order valence-corrected chi connectivity index (χ2v) is 6.05. The second kappa shape index (κ2) is 6.64. The van der Waals surface area contributed by atoms with Gasteiger partial charge in [0.05, 0.1) is 28.7 Å². The van der Waals surface area contributed by atoms with E-state index in [9.17, 15) is 0 Å². The number of para-hydroxylation sites is 2. The molecule has 0 aliphatic rings. The quantitative estimate of drug-likeness (QED) is 0.751. The Hall–Kier alpha value is -2.64. The average molecular weight is 304 g/mol. The molecule has 23 heavy (non-hydrogen) atoms. The van der Waals surface area contributed by atoms with E-state index in [0.717, 1.165) is 22.4 Å². The highest BCUT2D eigenvalue weighted by Gasteiger charge is 2.19. The SMILES string of the molecule is CC(C)C(NCc1cccc(C#N)c1)c1nc2ccccc2[nH]1. The zero-order chi connectivity index (χ0) is 16.2. The molecule has 0 radical (unpaired) electrons. The summed E-state index contributed by atoms with van der Waals surface area (Å²) >= 11 is 0. The van der Waals surface area contributed by atoms with Crippen LogP contribution >= 0.6 is 0 Å². The first-order valence-corrected chi connectivity index (χ1v) is 7.84. The van der Waals surface area contributed by atoms with Gasteiger partial charge in [0.2, 0.25) is 0 Å². The summed E-state index contributed by atoms with van der Waals surface area (Å²) in [5.41, 5.74) is 3.84. The number of hydrogen-bond donors (Lipinski definition) is 2. The fourth-order valence-electron chi connectivity index (χ4n) is 2.75. The fraction of sp³-hybridized carbons (Fsp3) is 0.263. The van der Waals surface area contributed by atoms with Gasteiger partial charge in [0, 0.05) is 6.54 Å². The summed E-state index contributed by atoms with van der Waals surface area (Å²) in [6, 6.07) is 18.1. The molecule has 4 heteroatoms. The van der Waals surface area contributed by atoms with E-state index in [1.54, 1.807) is 0 Å². The van der Waals surface area contributed by atoms with Gasteiger partial charge in [0.15, 0.2) is 0 Å². The maximum absolute atomic E-state index is 9.00. The third-order valence-corrected chi connectivity index (χ3v) is 3.95. The molecule has 3 rings (SSSR count). The molecule has 1 heterocycles. The van der Waals surface area contributed by atoms with Gasteiger partial charge in [-0.05, 0) is 35.7 Å². The normalized spacial score (nSPS) is 12.4. The molecule has 2 aromatic carbocycles. The number of nitrogens with zero attached hydrogens (tertiary/aromatic N) is 2. The van der Waals surface area contributed by atoms with Crippen LogP contribution in [0.4, 0.5) is 0 Å². The molecular weight excluding hydrogens is 284 g/mol. The van der Waals surface area contributed by atoms with Crippen LogP contribution in [0.25, 0.3) is 11.0 Å². The van der Waals surface area contributed by atoms with E-state index in [0.29, 0.717) is 18.0 Å². The van der Waals surface area contributed by atoms with Crippen LogP contribution in [0.3, 0.4) is 0 Å². The van der Waals surface area contributed by atoms with Crippen molar-refractivity contribution in [3.05, 3.63) is 65.5 Å². The Morgan fingerprint density at radius 1 is 1.17 bits per heavy atom. The summed E-state index contributed by atoms with van der Waals surface area (Å²) in [5, 5.41) is 12.6. The Morgan fingerprint density at radius 2 is 2.00 bits per heavy atom. The highest BCUT2D eigenvalue weighted by atomic mass is 15.0. The van der Waals surface area contributed by atoms with Crippen molar-refractivity contribution in [2.24, 2.45) is 5.92 Å². The Balaban J connectivity index is 1.80. The van der Waals surface area contributed by atoms with Crippen LogP contribution in [0, 0.1) is 17.2 Å². The molecule has 0 spiro atoms. The first kappa shape index (κ1) is 15.3. The van der Waals surface area contributed by atoms with Crippen molar-refractivity contribution in [1.82, 2.24) is 15.3 Å². The first-order chi connectivity index (χ1) is 11.2. The van der Waals surface area contributed by atoms with Crippen molar-refractivity contribution in [2.45, 2.75) is 26.4 Å². The Morgan fingerprint density at radius 3 is 2.74 bits per heavy atom. The lowest BCUT2D eigenvalue weighted by Crippen LogP contribution is -2.26. The predicted octanol–water partition coefficient (Wildman–Crippen LogP) is 3.92. The molecule has 3 aromatic rings. The van der Waals surface area contributed by atoms with Gasteiger partial charge in [-0.1, -0.05) is 38.1 Å². The van der Waals surface area contributed by atoms with E-state index >= 15 is 0 Å². The number of hydrogen-bond acceptors (Lipinski definition) is 3. The lowest BCUT2D eigenvalue weighted by molar-refractivity contribution is 0.396. The van der Waals surface area contributed by atoms with Crippen LogP contribution in [0.2, 0.25) is 0 Å². The van der Waals surface area contributed by atoms with Crippen molar-refractivity contribution in [1.29, 1.82) is 5.26 Å². The molecule has 2 N–H and O–H groups in total. The van der Waals surface area contributed by atoms with Gasteiger partial charge in [-0.3, -0.25) is 0 Å². The highest BCUT2D eigenvalue weighted by molar-refractivity contribution is 5.74. The molecule has 0 saturated carbocycles. The molecule has 1 atom stereocenters. The van der Waals surface area contributed by atoms with Gasteiger partial charge >= 0.3 is 0 Å². The zero-order valence-corrected chi connectivity index (χ0v) is 13.4. The highest BCUT2D eigenvalue weighted by Crippen LogP contribution is 2.22. The molecule has 0 aliphatic heterocycles. The van der Waals surface area contributed by atoms with Crippen molar-refractivity contribution in [2.75, 3.05) is 0 Å². The van der Waals surface area contributed by atoms with E-state index in [-0.39, 0.29) is 6.04 Å². The number of imidazole rings is 1. The summed E-state index contributed by atoms with van der Waals surface area (Å²) in [7, 11) is 0. The Labute approximate surface area is 136 Å². The molecule has 0 amide bonds. The number of aromatic amines is 1. The molecule has 0 saturated heterocycles. The molecule has 0 bridgehead atoms. The summed E-state index contributed by atoms with van der Waals surface area (Å²) in [6.07, 6.45) is 0. The largest absolute Gasteiger partial charge is 0.341 e. The number of aromatic nitrogens is 2.